The number of fused-ring (bicyclic) bond motifs is 1. The highest BCUT2D eigenvalue weighted by atomic mass is 16.6. The van der Waals surface area contributed by atoms with Crippen molar-refractivity contribution in [2.24, 2.45) is 0 Å². The predicted octanol–water partition coefficient (Wildman–Crippen LogP) is 2.93. The molecule has 0 fully saturated rings. The number of rotatable bonds is 4. The van der Waals surface area contributed by atoms with Crippen molar-refractivity contribution < 1.29 is 19.2 Å². The quantitative estimate of drug-likeness (QED) is 0.487. The van der Waals surface area contributed by atoms with Crippen LogP contribution in [0.4, 0.5) is 5.69 Å². The highest BCUT2D eigenvalue weighted by molar-refractivity contribution is 6.01. The van der Waals surface area contributed by atoms with Gasteiger partial charge in [0.25, 0.3) is 5.69 Å². The third kappa shape index (κ3) is 2.40. The Balaban J connectivity index is 2.71. The summed E-state index contributed by atoms with van der Waals surface area (Å²) in [5, 5.41) is 12.4. The van der Waals surface area contributed by atoms with Crippen LogP contribution in [0, 0.1) is 10.1 Å². The molecule has 2 aromatic carbocycles. The molecule has 0 spiro atoms. The summed E-state index contributed by atoms with van der Waals surface area (Å²) in [6, 6.07) is 8.00. The lowest BCUT2D eigenvalue weighted by molar-refractivity contribution is -0.385. The summed E-state index contributed by atoms with van der Waals surface area (Å²) in [5.41, 5.74) is -0.349. The van der Waals surface area contributed by atoms with Crippen molar-refractivity contribution in [2.45, 2.75) is 6.92 Å². The van der Waals surface area contributed by atoms with E-state index < -0.39 is 10.9 Å². The van der Waals surface area contributed by atoms with Crippen LogP contribution in [0.2, 0.25) is 0 Å². The summed E-state index contributed by atoms with van der Waals surface area (Å²) in [4.78, 5) is 22.3. The third-order valence-electron chi connectivity index (χ3n) is 2.87. The molecular formula is C14H13NO5. The summed E-state index contributed by atoms with van der Waals surface area (Å²) < 4.78 is 10.0. The first-order valence-electron chi connectivity index (χ1n) is 6.00. The number of hydrogen-bond donors (Lipinski definition) is 0. The predicted molar refractivity (Wildman–Crippen MR) is 73.1 cm³/mol. The average Bonchev–Trinajstić information content (AvgIpc) is 2.45. The number of carbonyl (C=O) groups excluding carboxylic acids is 1. The van der Waals surface area contributed by atoms with Gasteiger partial charge in [-0.15, -0.1) is 0 Å². The Bertz CT molecular complexity index is 681. The van der Waals surface area contributed by atoms with Gasteiger partial charge < -0.3 is 9.47 Å². The first-order chi connectivity index (χ1) is 9.58. The zero-order chi connectivity index (χ0) is 14.7. The van der Waals surface area contributed by atoms with Crippen LogP contribution in [0.1, 0.15) is 17.3 Å². The van der Waals surface area contributed by atoms with E-state index >= 15 is 0 Å². The molecule has 2 rings (SSSR count). The molecule has 0 aliphatic heterocycles. The molecule has 0 aromatic heterocycles. The number of methoxy groups -OCH3 is 1. The fourth-order valence-electron chi connectivity index (χ4n) is 1.99. The van der Waals surface area contributed by atoms with Crippen LogP contribution in [0.15, 0.2) is 30.3 Å². The minimum absolute atomic E-state index is 0.0578. The third-order valence-corrected chi connectivity index (χ3v) is 2.87. The maximum absolute atomic E-state index is 11.8. The summed E-state index contributed by atoms with van der Waals surface area (Å²) in [6.07, 6.45) is 0. The first-order valence-corrected chi connectivity index (χ1v) is 6.00. The van der Waals surface area contributed by atoms with E-state index in [0.717, 1.165) is 0 Å². The fourth-order valence-corrected chi connectivity index (χ4v) is 1.99. The van der Waals surface area contributed by atoms with Gasteiger partial charge in [-0.2, -0.15) is 0 Å². The molecule has 0 aliphatic rings. The van der Waals surface area contributed by atoms with Crippen LogP contribution in [0.3, 0.4) is 0 Å². The zero-order valence-corrected chi connectivity index (χ0v) is 11.1. The van der Waals surface area contributed by atoms with Gasteiger partial charge in [0.15, 0.2) is 0 Å². The fraction of sp³-hybridized carbons (Fsp3) is 0.214. The van der Waals surface area contributed by atoms with E-state index in [2.05, 4.69) is 0 Å². The number of nitrogens with zero attached hydrogens (tertiary/aromatic N) is 1. The van der Waals surface area contributed by atoms with Gasteiger partial charge in [-0.05, 0) is 24.4 Å². The molecule has 0 aliphatic carbocycles. The van der Waals surface area contributed by atoms with Crippen LogP contribution in [0.25, 0.3) is 10.8 Å². The molecule has 0 N–H and O–H groups in total. The maximum atomic E-state index is 11.8. The van der Waals surface area contributed by atoms with Crippen molar-refractivity contribution in [2.75, 3.05) is 13.7 Å². The van der Waals surface area contributed by atoms with Gasteiger partial charge >= 0.3 is 5.97 Å². The van der Waals surface area contributed by atoms with E-state index in [9.17, 15) is 14.9 Å². The summed E-state index contributed by atoms with van der Waals surface area (Å²) in [7, 11) is 1.49. The number of ether oxygens (including phenoxy) is 2. The minimum atomic E-state index is -0.705. The molecule has 0 unspecified atom stereocenters. The molecule has 6 heteroatoms. The molecule has 0 saturated carbocycles. The molecule has 0 radical (unpaired) electrons. The van der Waals surface area contributed by atoms with Crippen molar-refractivity contribution >= 4 is 22.4 Å². The van der Waals surface area contributed by atoms with Crippen LogP contribution in [-0.4, -0.2) is 24.6 Å². The molecule has 0 saturated heterocycles. The second-order valence-corrected chi connectivity index (χ2v) is 4.03. The van der Waals surface area contributed by atoms with Gasteiger partial charge in [-0.25, -0.2) is 4.79 Å². The normalized spacial score (nSPS) is 10.3. The number of nitro benzene ring substituents is 1. The Kier molecular flexibility index (Phi) is 3.84. The van der Waals surface area contributed by atoms with Gasteiger partial charge in [-0.1, -0.05) is 12.1 Å². The smallest absolute Gasteiger partial charge is 0.345 e. The largest absolute Gasteiger partial charge is 0.496 e. The van der Waals surface area contributed by atoms with E-state index in [-0.39, 0.29) is 17.9 Å². The van der Waals surface area contributed by atoms with Crippen LogP contribution < -0.4 is 4.74 Å². The summed E-state index contributed by atoms with van der Waals surface area (Å²) in [5.74, 6) is -0.190. The van der Waals surface area contributed by atoms with Crippen LogP contribution in [-0.2, 0) is 4.74 Å². The SMILES string of the molecule is CCOC(=O)c1cc2cccc(OC)c2cc1[N+](=O)[O-]. The number of carbonyl (C=O) groups is 1. The van der Waals surface area contributed by atoms with E-state index in [1.807, 2.05) is 0 Å². The van der Waals surface area contributed by atoms with Crippen LogP contribution >= 0.6 is 0 Å². The molecule has 20 heavy (non-hydrogen) atoms. The number of esters is 1. The lowest BCUT2D eigenvalue weighted by Crippen LogP contribution is -2.08. The summed E-state index contributed by atoms with van der Waals surface area (Å²) >= 11 is 0. The maximum Gasteiger partial charge on any atom is 0.345 e. The van der Waals surface area contributed by atoms with E-state index in [1.54, 1.807) is 25.1 Å². The molecule has 0 bridgehead atoms. The Morgan fingerprint density at radius 3 is 2.70 bits per heavy atom. The van der Waals surface area contributed by atoms with Crippen molar-refractivity contribution in [1.29, 1.82) is 0 Å². The van der Waals surface area contributed by atoms with Gasteiger partial charge in [0, 0.05) is 11.5 Å². The topological polar surface area (TPSA) is 78.7 Å². The van der Waals surface area contributed by atoms with Crippen molar-refractivity contribution in [3.05, 3.63) is 46.0 Å². The van der Waals surface area contributed by atoms with Crippen molar-refractivity contribution in [3.8, 4) is 5.75 Å². The second kappa shape index (κ2) is 5.56. The first kappa shape index (κ1) is 13.8. The Hall–Kier alpha value is -2.63. The van der Waals surface area contributed by atoms with Gasteiger partial charge in [0.2, 0.25) is 0 Å². The zero-order valence-electron chi connectivity index (χ0n) is 11.1. The monoisotopic (exact) mass is 275 g/mol. The van der Waals surface area contributed by atoms with Crippen molar-refractivity contribution in [3.63, 3.8) is 0 Å². The molecule has 6 nitrogen and oxygen atoms in total. The van der Waals surface area contributed by atoms with Gasteiger partial charge in [-0.3, -0.25) is 10.1 Å². The summed E-state index contributed by atoms with van der Waals surface area (Å²) in [6.45, 7) is 1.81. The van der Waals surface area contributed by atoms with E-state index in [1.165, 1.54) is 19.2 Å². The molecule has 0 heterocycles. The minimum Gasteiger partial charge on any atom is -0.496 e. The standard InChI is InChI=1S/C14H13NO5/c1-3-20-14(16)11-7-9-5-4-6-13(19-2)10(9)8-12(11)15(17)18/h4-8H,3H2,1-2H3. The van der Waals surface area contributed by atoms with Crippen molar-refractivity contribution in [1.82, 2.24) is 0 Å². The van der Waals surface area contributed by atoms with E-state index in [4.69, 9.17) is 9.47 Å². The lowest BCUT2D eigenvalue weighted by Gasteiger charge is -2.08. The lowest BCUT2D eigenvalue weighted by atomic mass is 10.0. The Labute approximate surface area is 115 Å². The highest BCUT2D eigenvalue weighted by Crippen LogP contribution is 2.32. The van der Waals surface area contributed by atoms with Gasteiger partial charge in [0.05, 0.1) is 18.6 Å². The Morgan fingerprint density at radius 1 is 1.35 bits per heavy atom. The molecular weight excluding hydrogens is 262 g/mol. The van der Waals surface area contributed by atoms with Crippen LogP contribution in [0.5, 0.6) is 5.75 Å². The van der Waals surface area contributed by atoms with Gasteiger partial charge in [0.1, 0.15) is 11.3 Å². The molecule has 2 aromatic rings. The molecule has 0 atom stereocenters. The van der Waals surface area contributed by atoms with E-state index in [0.29, 0.717) is 16.5 Å². The second-order valence-electron chi connectivity index (χ2n) is 4.03. The number of hydrogen-bond acceptors (Lipinski definition) is 5. The molecule has 0 amide bonds. The highest BCUT2D eigenvalue weighted by Gasteiger charge is 2.23. The Morgan fingerprint density at radius 2 is 2.10 bits per heavy atom. The number of nitro groups is 1. The average molecular weight is 275 g/mol. The number of benzene rings is 2. The molecule has 104 valence electrons.